The van der Waals surface area contributed by atoms with Gasteiger partial charge in [0.1, 0.15) is 6.54 Å². The Balaban J connectivity index is 2.50. The number of carboxylic acid groups (broad SMARTS) is 1. The van der Waals surface area contributed by atoms with Gasteiger partial charge in [-0.15, -0.1) is 10.2 Å². The summed E-state index contributed by atoms with van der Waals surface area (Å²) < 4.78 is 0. The molecule has 1 aromatic rings. The summed E-state index contributed by atoms with van der Waals surface area (Å²) in [6.07, 6.45) is 0. The van der Waals surface area contributed by atoms with E-state index in [1.54, 1.807) is 0 Å². The Bertz CT molecular complexity index is 391. The van der Waals surface area contributed by atoms with Crippen LogP contribution in [-0.4, -0.2) is 55.7 Å². The molecule has 2 amide bonds. The predicted octanol–water partition coefficient (Wildman–Crippen LogP) is -0.548. The Morgan fingerprint density at radius 3 is 2.72 bits per heavy atom. The van der Waals surface area contributed by atoms with Crippen LogP contribution >= 0.6 is 0 Å². The number of H-pyrrole nitrogens is 1. The molecule has 18 heavy (non-hydrogen) atoms. The van der Waals surface area contributed by atoms with Crippen molar-refractivity contribution in [1.29, 1.82) is 0 Å². The quantitative estimate of drug-likeness (QED) is 0.627. The summed E-state index contributed by atoms with van der Waals surface area (Å²) in [5.74, 6) is -0.534. The molecule has 0 spiro atoms. The number of tetrazole rings is 1. The Kier molecular flexibility index (Phi) is 5.03. The average Bonchev–Trinajstić information content (AvgIpc) is 2.76. The van der Waals surface area contributed by atoms with E-state index < -0.39 is 12.0 Å². The number of carbonyl (C=O) groups is 2. The van der Waals surface area contributed by atoms with Gasteiger partial charge in [0.2, 0.25) is 0 Å². The SMILES string of the molecule is CC(C)CN(CC(=O)O)C(=O)NCc1nn[nH]n1. The average molecular weight is 256 g/mol. The summed E-state index contributed by atoms with van der Waals surface area (Å²) in [4.78, 5) is 23.7. The standard InChI is InChI=1S/C9H16N6O3/c1-6(2)4-15(5-8(16)17)9(18)10-3-7-11-13-14-12-7/h6H,3-5H2,1-2H3,(H,10,18)(H,16,17)(H,11,12,13,14). The van der Waals surface area contributed by atoms with Crippen LogP contribution in [-0.2, 0) is 11.3 Å². The number of nitrogens with zero attached hydrogens (tertiary/aromatic N) is 4. The van der Waals surface area contributed by atoms with Crippen molar-refractivity contribution in [1.82, 2.24) is 30.8 Å². The van der Waals surface area contributed by atoms with E-state index in [1.165, 1.54) is 4.90 Å². The molecule has 0 atom stereocenters. The van der Waals surface area contributed by atoms with E-state index in [9.17, 15) is 9.59 Å². The lowest BCUT2D eigenvalue weighted by molar-refractivity contribution is -0.137. The zero-order valence-corrected chi connectivity index (χ0v) is 10.3. The highest BCUT2D eigenvalue weighted by Crippen LogP contribution is 1.99. The molecule has 9 heteroatoms. The fraction of sp³-hybridized carbons (Fsp3) is 0.667. The summed E-state index contributed by atoms with van der Waals surface area (Å²) in [5.41, 5.74) is 0. The Morgan fingerprint density at radius 1 is 1.50 bits per heavy atom. The zero-order chi connectivity index (χ0) is 13.5. The molecule has 0 aromatic carbocycles. The first-order chi connectivity index (χ1) is 8.49. The van der Waals surface area contributed by atoms with Gasteiger partial charge < -0.3 is 15.3 Å². The molecule has 0 fully saturated rings. The van der Waals surface area contributed by atoms with Crippen molar-refractivity contribution in [3.8, 4) is 0 Å². The molecule has 0 saturated heterocycles. The van der Waals surface area contributed by atoms with Crippen molar-refractivity contribution >= 4 is 12.0 Å². The Labute approximate surface area is 104 Å². The maximum absolute atomic E-state index is 11.8. The van der Waals surface area contributed by atoms with Gasteiger partial charge in [-0.2, -0.15) is 5.21 Å². The van der Waals surface area contributed by atoms with Gasteiger partial charge in [-0.1, -0.05) is 19.1 Å². The van der Waals surface area contributed by atoms with Crippen LogP contribution in [0.5, 0.6) is 0 Å². The first-order valence-electron chi connectivity index (χ1n) is 5.46. The zero-order valence-electron chi connectivity index (χ0n) is 10.3. The van der Waals surface area contributed by atoms with E-state index >= 15 is 0 Å². The number of aromatic nitrogens is 4. The maximum atomic E-state index is 11.8. The number of hydrogen-bond donors (Lipinski definition) is 3. The van der Waals surface area contributed by atoms with Crippen LogP contribution in [0.4, 0.5) is 4.79 Å². The molecule has 100 valence electrons. The highest BCUT2D eigenvalue weighted by Gasteiger charge is 2.17. The number of aliphatic carboxylic acids is 1. The fourth-order valence-electron chi connectivity index (χ4n) is 1.35. The molecule has 0 aliphatic rings. The number of rotatable bonds is 6. The van der Waals surface area contributed by atoms with Gasteiger partial charge in [0, 0.05) is 6.54 Å². The lowest BCUT2D eigenvalue weighted by atomic mass is 10.2. The second-order valence-corrected chi connectivity index (χ2v) is 4.15. The van der Waals surface area contributed by atoms with E-state index in [0.717, 1.165) is 0 Å². The normalized spacial score (nSPS) is 10.4. The third-order valence-corrected chi connectivity index (χ3v) is 1.99. The summed E-state index contributed by atoms with van der Waals surface area (Å²) >= 11 is 0. The van der Waals surface area contributed by atoms with Gasteiger partial charge in [-0.25, -0.2) is 4.79 Å². The van der Waals surface area contributed by atoms with Crippen LogP contribution in [0.15, 0.2) is 0 Å². The molecule has 0 aliphatic heterocycles. The van der Waals surface area contributed by atoms with Crippen molar-refractivity contribution in [2.45, 2.75) is 20.4 Å². The highest BCUT2D eigenvalue weighted by atomic mass is 16.4. The topological polar surface area (TPSA) is 124 Å². The molecular formula is C9H16N6O3. The van der Waals surface area contributed by atoms with Gasteiger partial charge >= 0.3 is 12.0 Å². The second kappa shape index (κ2) is 6.52. The molecule has 1 rings (SSSR count). The van der Waals surface area contributed by atoms with Crippen LogP contribution in [0.2, 0.25) is 0 Å². The molecule has 1 aromatic heterocycles. The summed E-state index contributed by atoms with van der Waals surface area (Å²) in [6, 6.07) is -0.462. The van der Waals surface area contributed by atoms with Crippen LogP contribution in [0, 0.1) is 5.92 Å². The summed E-state index contributed by atoms with van der Waals surface area (Å²) in [6.45, 7) is 3.94. The first-order valence-corrected chi connectivity index (χ1v) is 5.46. The fourth-order valence-corrected chi connectivity index (χ4v) is 1.35. The lowest BCUT2D eigenvalue weighted by Crippen LogP contribution is -2.44. The van der Waals surface area contributed by atoms with E-state index in [0.29, 0.717) is 12.4 Å². The number of urea groups is 1. The van der Waals surface area contributed by atoms with Gasteiger partial charge in [0.15, 0.2) is 5.82 Å². The molecule has 0 bridgehead atoms. The van der Waals surface area contributed by atoms with E-state index in [4.69, 9.17) is 5.11 Å². The lowest BCUT2D eigenvalue weighted by Gasteiger charge is -2.22. The van der Waals surface area contributed by atoms with Crippen LogP contribution in [0.25, 0.3) is 0 Å². The van der Waals surface area contributed by atoms with Gasteiger partial charge in [-0.05, 0) is 5.92 Å². The number of hydrogen-bond acceptors (Lipinski definition) is 5. The van der Waals surface area contributed by atoms with Crippen molar-refractivity contribution in [3.05, 3.63) is 5.82 Å². The minimum atomic E-state index is -1.05. The Hall–Kier alpha value is -2.19. The highest BCUT2D eigenvalue weighted by molar-refractivity contribution is 5.80. The van der Waals surface area contributed by atoms with Crippen molar-refractivity contribution in [2.75, 3.05) is 13.1 Å². The van der Waals surface area contributed by atoms with E-state index in [1.807, 2.05) is 13.8 Å². The molecule has 1 heterocycles. The summed E-state index contributed by atoms with van der Waals surface area (Å²) in [5, 5.41) is 24.2. The maximum Gasteiger partial charge on any atom is 0.323 e. The van der Waals surface area contributed by atoms with E-state index in [-0.39, 0.29) is 19.0 Å². The predicted molar refractivity (Wildman–Crippen MR) is 60.5 cm³/mol. The number of nitrogens with one attached hydrogen (secondary N) is 2. The number of carbonyl (C=O) groups excluding carboxylic acids is 1. The van der Waals surface area contributed by atoms with Crippen molar-refractivity contribution in [2.24, 2.45) is 5.92 Å². The van der Waals surface area contributed by atoms with E-state index in [2.05, 4.69) is 25.9 Å². The smallest absolute Gasteiger partial charge is 0.323 e. The van der Waals surface area contributed by atoms with Crippen LogP contribution in [0.1, 0.15) is 19.7 Å². The van der Waals surface area contributed by atoms with Gasteiger partial charge in [0.25, 0.3) is 0 Å². The van der Waals surface area contributed by atoms with Crippen molar-refractivity contribution in [3.63, 3.8) is 0 Å². The van der Waals surface area contributed by atoms with Crippen LogP contribution in [0.3, 0.4) is 0 Å². The molecule has 0 aliphatic carbocycles. The monoisotopic (exact) mass is 256 g/mol. The van der Waals surface area contributed by atoms with Crippen molar-refractivity contribution < 1.29 is 14.7 Å². The minimum Gasteiger partial charge on any atom is -0.480 e. The summed E-state index contributed by atoms with van der Waals surface area (Å²) in [7, 11) is 0. The molecule has 0 saturated carbocycles. The minimum absolute atomic E-state index is 0.101. The molecule has 9 nitrogen and oxygen atoms in total. The molecule has 0 unspecified atom stereocenters. The van der Waals surface area contributed by atoms with Gasteiger partial charge in [-0.3, -0.25) is 4.79 Å². The Morgan fingerprint density at radius 2 is 2.22 bits per heavy atom. The van der Waals surface area contributed by atoms with Crippen LogP contribution < -0.4 is 5.32 Å². The number of aromatic amines is 1. The molecule has 0 radical (unpaired) electrons. The largest absolute Gasteiger partial charge is 0.480 e. The molecule has 3 N–H and O–H groups in total. The third kappa shape index (κ3) is 4.76. The second-order valence-electron chi connectivity index (χ2n) is 4.15. The molecular weight excluding hydrogens is 240 g/mol. The number of carboxylic acids is 1. The van der Waals surface area contributed by atoms with Gasteiger partial charge in [0.05, 0.1) is 6.54 Å². The third-order valence-electron chi connectivity index (χ3n) is 1.99. The first kappa shape index (κ1) is 13.9. The number of amides is 2.